The van der Waals surface area contributed by atoms with Crippen LogP contribution in [0.2, 0.25) is 0 Å². The molecule has 5 nitrogen and oxygen atoms in total. The van der Waals surface area contributed by atoms with Gasteiger partial charge in [0.05, 0.1) is 11.7 Å². The number of aromatic nitrogens is 2. The second-order valence-electron chi connectivity index (χ2n) is 6.20. The van der Waals surface area contributed by atoms with Gasteiger partial charge in [-0.25, -0.2) is 0 Å². The number of alkyl halides is 3. The van der Waals surface area contributed by atoms with Gasteiger partial charge in [0.2, 0.25) is 5.82 Å². The first kappa shape index (κ1) is 18.9. The zero-order valence-corrected chi connectivity index (χ0v) is 14.7. The smallest absolute Gasteiger partial charge is 0.419 e. The van der Waals surface area contributed by atoms with Crippen molar-refractivity contribution in [1.29, 1.82) is 0 Å². The van der Waals surface area contributed by atoms with Crippen LogP contribution in [0.15, 0.2) is 47.0 Å². The predicted octanol–water partition coefficient (Wildman–Crippen LogP) is 4.67. The van der Waals surface area contributed by atoms with Crippen LogP contribution in [0.1, 0.15) is 25.0 Å². The molecule has 3 rings (SSSR count). The molecular formula is C19H18F3N3O2. The zero-order chi connectivity index (χ0) is 19.6. The maximum Gasteiger partial charge on any atom is 0.419 e. The number of nitrogens with zero attached hydrogens (tertiary/aromatic N) is 2. The molecule has 1 aromatic heterocycles. The average Bonchev–Trinajstić information content (AvgIpc) is 3.11. The van der Waals surface area contributed by atoms with Gasteiger partial charge in [0.25, 0.3) is 5.89 Å². The summed E-state index contributed by atoms with van der Waals surface area (Å²) in [5, 5.41) is 3.85. The fourth-order valence-corrected chi connectivity index (χ4v) is 2.49. The van der Waals surface area contributed by atoms with Crippen LogP contribution in [0.3, 0.4) is 0 Å². The first-order valence-electron chi connectivity index (χ1n) is 8.29. The summed E-state index contributed by atoms with van der Waals surface area (Å²) >= 11 is 0. The van der Waals surface area contributed by atoms with E-state index in [0.29, 0.717) is 12.1 Å². The molecule has 8 heteroatoms. The summed E-state index contributed by atoms with van der Waals surface area (Å²) in [6, 6.07) is 10.9. The highest BCUT2D eigenvalue weighted by atomic mass is 19.4. The number of rotatable bonds is 5. The van der Waals surface area contributed by atoms with Gasteiger partial charge >= 0.3 is 6.18 Å². The van der Waals surface area contributed by atoms with E-state index in [-0.39, 0.29) is 29.1 Å². The van der Waals surface area contributed by atoms with Crippen molar-refractivity contribution >= 4 is 0 Å². The molecule has 0 unspecified atom stereocenters. The maximum atomic E-state index is 13.4. The third-order valence-corrected chi connectivity index (χ3v) is 3.77. The molecule has 27 heavy (non-hydrogen) atoms. The Kier molecular flexibility index (Phi) is 5.18. The normalized spacial score (nSPS) is 11.8. The lowest BCUT2D eigenvalue weighted by Gasteiger charge is -2.16. The Morgan fingerprint density at radius 1 is 1.07 bits per heavy atom. The number of ether oxygens (including phenoxy) is 1. The second kappa shape index (κ2) is 7.40. The van der Waals surface area contributed by atoms with Crippen LogP contribution in [-0.4, -0.2) is 16.2 Å². The summed E-state index contributed by atoms with van der Waals surface area (Å²) in [6.45, 7) is 3.73. The molecular weight excluding hydrogens is 359 g/mol. The van der Waals surface area contributed by atoms with E-state index in [0.717, 1.165) is 11.6 Å². The molecule has 3 aromatic rings. The summed E-state index contributed by atoms with van der Waals surface area (Å²) in [6.07, 6.45) is -4.95. The van der Waals surface area contributed by atoms with Gasteiger partial charge in [0.15, 0.2) is 0 Å². The topological polar surface area (TPSA) is 74.2 Å². The highest BCUT2D eigenvalue weighted by molar-refractivity contribution is 5.62. The number of halogens is 3. The van der Waals surface area contributed by atoms with Crippen molar-refractivity contribution in [3.05, 3.63) is 53.6 Å². The molecule has 0 aliphatic rings. The summed E-state index contributed by atoms with van der Waals surface area (Å²) in [7, 11) is 0. The number of nitrogens with two attached hydrogens (primary N) is 1. The number of hydrogen-bond donors (Lipinski definition) is 1. The fourth-order valence-electron chi connectivity index (χ4n) is 2.49. The van der Waals surface area contributed by atoms with Crippen LogP contribution in [0.4, 0.5) is 13.2 Å². The van der Waals surface area contributed by atoms with E-state index < -0.39 is 11.7 Å². The van der Waals surface area contributed by atoms with E-state index in [9.17, 15) is 13.2 Å². The quantitative estimate of drug-likeness (QED) is 0.699. The molecule has 2 aromatic carbocycles. The highest BCUT2D eigenvalue weighted by Crippen LogP contribution is 2.39. The first-order chi connectivity index (χ1) is 12.8. The van der Waals surface area contributed by atoms with Gasteiger partial charge < -0.3 is 15.0 Å². The van der Waals surface area contributed by atoms with Crippen LogP contribution in [0.5, 0.6) is 5.75 Å². The molecule has 0 radical (unpaired) electrons. The minimum Gasteiger partial charge on any atom is -0.490 e. The lowest BCUT2D eigenvalue weighted by Crippen LogP contribution is -2.13. The molecule has 0 atom stereocenters. The van der Waals surface area contributed by atoms with Crippen molar-refractivity contribution in [2.75, 3.05) is 0 Å². The maximum absolute atomic E-state index is 13.4. The SMILES string of the molecule is CC(C)Oc1ccc(-c2nc(-c3ccc(CN)cc3)no2)cc1C(F)(F)F. The van der Waals surface area contributed by atoms with Gasteiger partial charge in [0, 0.05) is 17.7 Å². The molecule has 0 fully saturated rings. The Hall–Kier alpha value is -2.87. The van der Waals surface area contributed by atoms with Crippen molar-refractivity contribution in [3.63, 3.8) is 0 Å². The summed E-state index contributed by atoms with van der Waals surface area (Å²) < 4.78 is 50.6. The third-order valence-electron chi connectivity index (χ3n) is 3.77. The first-order valence-corrected chi connectivity index (χ1v) is 8.29. The van der Waals surface area contributed by atoms with E-state index in [2.05, 4.69) is 10.1 Å². The van der Waals surface area contributed by atoms with Crippen LogP contribution in [0, 0.1) is 0 Å². The Morgan fingerprint density at radius 2 is 1.74 bits per heavy atom. The van der Waals surface area contributed by atoms with Gasteiger partial charge in [-0.3, -0.25) is 0 Å². The van der Waals surface area contributed by atoms with Crippen molar-refractivity contribution in [3.8, 4) is 28.6 Å². The van der Waals surface area contributed by atoms with E-state index in [1.54, 1.807) is 26.0 Å². The van der Waals surface area contributed by atoms with E-state index in [4.69, 9.17) is 15.0 Å². The third kappa shape index (κ3) is 4.28. The Labute approximate surface area is 154 Å². The second-order valence-corrected chi connectivity index (χ2v) is 6.20. The lowest BCUT2D eigenvalue weighted by molar-refractivity contribution is -0.139. The Bertz CT molecular complexity index is 919. The molecule has 0 spiro atoms. The fraction of sp³-hybridized carbons (Fsp3) is 0.263. The molecule has 0 amide bonds. The molecule has 0 bridgehead atoms. The molecule has 0 aliphatic heterocycles. The molecule has 2 N–H and O–H groups in total. The molecule has 0 aliphatic carbocycles. The molecule has 142 valence electrons. The summed E-state index contributed by atoms with van der Waals surface area (Å²) in [5.41, 5.74) is 6.45. The van der Waals surface area contributed by atoms with E-state index in [1.165, 1.54) is 12.1 Å². The summed E-state index contributed by atoms with van der Waals surface area (Å²) in [5.74, 6) is 0.0393. The van der Waals surface area contributed by atoms with Gasteiger partial charge in [-0.15, -0.1) is 0 Å². The minimum atomic E-state index is -4.57. The van der Waals surface area contributed by atoms with Crippen molar-refractivity contribution < 1.29 is 22.4 Å². The van der Waals surface area contributed by atoms with Gasteiger partial charge in [-0.2, -0.15) is 18.2 Å². The van der Waals surface area contributed by atoms with Crippen LogP contribution in [-0.2, 0) is 12.7 Å². The van der Waals surface area contributed by atoms with Crippen molar-refractivity contribution in [2.45, 2.75) is 32.7 Å². The minimum absolute atomic E-state index is 0.00509. The Balaban J connectivity index is 1.95. The molecule has 0 saturated carbocycles. The van der Waals surface area contributed by atoms with Crippen molar-refractivity contribution in [1.82, 2.24) is 10.1 Å². The van der Waals surface area contributed by atoms with E-state index >= 15 is 0 Å². The Morgan fingerprint density at radius 3 is 2.33 bits per heavy atom. The van der Waals surface area contributed by atoms with Gasteiger partial charge in [-0.05, 0) is 37.6 Å². The largest absolute Gasteiger partial charge is 0.490 e. The lowest BCUT2D eigenvalue weighted by atomic mass is 10.1. The van der Waals surface area contributed by atoms with Crippen LogP contribution < -0.4 is 10.5 Å². The van der Waals surface area contributed by atoms with Crippen LogP contribution >= 0.6 is 0 Å². The van der Waals surface area contributed by atoms with E-state index in [1.807, 2.05) is 12.1 Å². The highest BCUT2D eigenvalue weighted by Gasteiger charge is 2.35. The number of hydrogen-bond acceptors (Lipinski definition) is 5. The standard InChI is InChI=1S/C19H18F3N3O2/c1-11(2)26-16-8-7-14(9-15(16)19(20,21)22)18-24-17(25-27-18)13-5-3-12(10-23)4-6-13/h3-9,11H,10,23H2,1-2H3. The van der Waals surface area contributed by atoms with Gasteiger partial charge in [0.1, 0.15) is 5.75 Å². The predicted molar refractivity (Wildman–Crippen MR) is 93.8 cm³/mol. The van der Waals surface area contributed by atoms with Crippen molar-refractivity contribution in [2.24, 2.45) is 5.73 Å². The van der Waals surface area contributed by atoms with Crippen LogP contribution in [0.25, 0.3) is 22.8 Å². The molecule has 0 saturated heterocycles. The zero-order valence-electron chi connectivity index (χ0n) is 14.7. The van der Waals surface area contributed by atoms with Gasteiger partial charge in [-0.1, -0.05) is 29.4 Å². The monoisotopic (exact) mass is 377 g/mol. The summed E-state index contributed by atoms with van der Waals surface area (Å²) in [4.78, 5) is 4.20. The average molecular weight is 377 g/mol. The molecule has 1 heterocycles. The number of benzene rings is 2.